The first kappa shape index (κ1) is 144. The van der Waals surface area contributed by atoms with Crippen LogP contribution in [-0.2, 0) is 429 Å². The number of hydrogen-bond donors (Lipinski definition) is 2. The standard InChI is InChI=1S/C16H16O.C16H18O.C14H16.C10H15O2P.2C7H12O.C7H10O.2CH4.S12.S11.S10.S9/c1-11(17)16-14-8-4-2-6-12(14)10-13-7-3-5-9-15(13)16;1-15(17)11-7-4-2-3-5-8-12-16-13-9-6-10-14-16;1-2-3-4-5-6-8-11-14-12-9-7-10-13-14;1-3-12-13(2,11)9-10-7-5-4-6-8-10;3*1-2-3-4-5-6-7-8;;;1-3-5-7-9-11-12-10-8-6-4-2;1-3-5-7-9-11-10-8-6-4-2;1-3-5-7-9-10-8-6-4-2;1-3-5-7-9-8-6-4-2/h2,4,6,8,10H,3,5,7,9H2,1H3;6,8-10,12-14H,2-5H2,1H3;1,7-13H,3-6H2;4-8H,3,9H2,1-2H3;8H,2-3,6-7H2,1H3;1,8H,3-7H2;1,7H,3-6H2;2*1H4;;;;/b;12-8+;11-8+;;;;;;;;;;. The highest BCUT2D eigenvalue weighted by atomic mass is 33.5. The first-order valence-electron chi connectivity index (χ1n) is 36.8. The zero-order valence-corrected chi connectivity index (χ0v) is 104. The van der Waals surface area contributed by atoms with Gasteiger partial charge in [0.15, 0.2) is 5.78 Å². The third kappa shape index (κ3) is 113. The van der Waals surface area contributed by atoms with Crippen LogP contribution in [0.4, 0.5) is 0 Å². The van der Waals surface area contributed by atoms with Gasteiger partial charge < -0.3 is 19.5 Å². The zero-order valence-electron chi connectivity index (χ0n) is 69.3. The second-order valence-electron chi connectivity index (χ2n) is 22.4. The summed E-state index contributed by atoms with van der Waals surface area (Å²) in [7, 11) is 51.9. The molecule has 0 spiro atoms. The first-order valence-corrected chi connectivity index (χ1v) is 89.8. The van der Waals surface area contributed by atoms with Crippen molar-refractivity contribution in [3.8, 4) is 60.7 Å². The molecule has 0 aromatic heterocycles. The number of aldehydes is 1. The smallest absolute Gasteiger partial charge is 0.204 e. The summed E-state index contributed by atoms with van der Waals surface area (Å²) in [5, 5.41) is 18.9. The Morgan fingerprint density at radius 2 is 0.791 bits per heavy atom. The van der Waals surface area contributed by atoms with Gasteiger partial charge in [0, 0.05) is 468 Å². The van der Waals surface area contributed by atoms with Crippen molar-refractivity contribution in [2.45, 2.75) is 196 Å². The van der Waals surface area contributed by atoms with Gasteiger partial charge in [0.25, 0.3) is 0 Å². The lowest BCUT2D eigenvalue weighted by Gasteiger charge is -2.20. The third-order valence-electron chi connectivity index (χ3n) is 13.2. The molecule has 722 valence electrons. The van der Waals surface area contributed by atoms with E-state index in [-0.39, 0.29) is 33.0 Å². The summed E-state index contributed by atoms with van der Waals surface area (Å²) in [4.78, 5) is 32.2. The highest BCUT2D eigenvalue weighted by molar-refractivity contribution is 8.76. The van der Waals surface area contributed by atoms with Gasteiger partial charge in [-0.25, -0.2) is 0 Å². The van der Waals surface area contributed by atoms with Crippen LogP contribution in [0.2, 0.25) is 0 Å². The fourth-order valence-electron chi connectivity index (χ4n) is 8.55. The molecule has 6 rings (SSSR count). The predicted molar refractivity (Wildman–Crippen MR) is 686 cm³/mol. The topological polar surface area (TPSA) is 118 Å². The van der Waals surface area contributed by atoms with Gasteiger partial charge in [-0.2, -0.15) is 0 Å². The van der Waals surface area contributed by atoms with Gasteiger partial charge in [-0.1, -0.05) is 180 Å². The zero-order chi connectivity index (χ0) is 94.7. The molecule has 129 heavy (non-hydrogen) atoms. The quantitative estimate of drug-likeness (QED) is 0.0144. The van der Waals surface area contributed by atoms with Crippen LogP contribution in [0.1, 0.15) is 216 Å². The lowest BCUT2D eigenvalue weighted by molar-refractivity contribution is -0.112. The van der Waals surface area contributed by atoms with E-state index < -0.39 is 7.37 Å². The number of aliphatic hydroxyl groups excluding tert-OH is 2. The number of terminal acetylenes is 3. The van der Waals surface area contributed by atoms with E-state index >= 15 is 0 Å². The van der Waals surface area contributed by atoms with Gasteiger partial charge in [-0.05, 0) is 155 Å². The molecule has 0 radical (unpaired) electrons. The Labute approximate surface area is 908 Å². The minimum atomic E-state index is -2.41. The molecular formula is C79H107O7PS42. The molecule has 1 atom stereocenters. The number of unbranched alkanes of at least 4 members (excludes halogenated alkanes) is 13. The average molecular weight is 2550 g/mol. The van der Waals surface area contributed by atoms with E-state index in [2.05, 4.69) is 217 Å². The van der Waals surface area contributed by atoms with Gasteiger partial charge in [0.05, 0.1) is 13.2 Å². The van der Waals surface area contributed by atoms with Crippen molar-refractivity contribution in [1.29, 1.82) is 0 Å². The molecular weight excluding hydrogens is 2440 g/mol. The van der Waals surface area contributed by atoms with Crippen LogP contribution in [0, 0.1) is 60.7 Å². The summed E-state index contributed by atoms with van der Waals surface area (Å²) in [6, 6.07) is 40.9. The summed E-state index contributed by atoms with van der Waals surface area (Å²) in [6.07, 6.45) is 48.3. The Kier molecular flexibility index (Phi) is 139. The molecule has 0 saturated carbocycles. The van der Waals surface area contributed by atoms with Gasteiger partial charge in [0.1, 0.15) is 6.29 Å². The molecule has 0 heterocycles. The van der Waals surface area contributed by atoms with Gasteiger partial charge in [-0.15, -0.1) is 48.9 Å². The number of aliphatic hydroxyl groups is 2. The minimum Gasteiger partial charge on any atom is -0.396 e. The molecule has 0 amide bonds. The van der Waals surface area contributed by atoms with Crippen LogP contribution in [-0.4, -0.2) is 54.6 Å². The van der Waals surface area contributed by atoms with Crippen LogP contribution >= 0.6 is 7.37 Å². The fourth-order valence-corrected chi connectivity index (χ4v) is 81.4. The molecule has 7 nitrogen and oxygen atoms in total. The van der Waals surface area contributed by atoms with Crippen molar-refractivity contribution in [2.24, 2.45) is 0 Å². The molecule has 1 aliphatic carbocycles. The van der Waals surface area contributed by atoms with E-state index in [0.29, 0.717) is 32.2 Å². The van der Waals surface area contributed by atoms with Crippen molar-refractivity contribution in [1.82, 2.24) is 0 Å². The number of ketones is 2. The molecule has 0 fully saturated rings. The third-order valence-corrected chi connectivity index (χ3v) is 81.6. The Bertz CT molecular complexity index is 5900. The number of rotatable bonds is 25. The summed E-state index contributed by atoms with van der Waals surface area (Å²) in [5.74, 6) is 19.1. The van der Waals surface area contributed by atoms with Crippen molar-refractivity contribution >= 4 is 440 Å². The molecule has 2 N–H and O–H groups in total. The van der Waals surface area contributed by atoms with E-state index in [1.54, 1.807) is 244 Å². The molecule has 1 unspecified atom stereocenters. The average Bonchev–Trinajstić information content (AvgIpc) is 0.772. The number of Topliss-reactive ketones (excluding diaryl/α,β-unsaturated/α-hetero) is 2. The lowest BCUT2D eigenvalue weighted by Crippen LogP contribution is -2.09. The highest BCUT2D eigenvalue weighted by Crippen LogP contribution is 2.46. The molecule has 0 aliphatic heterocycles. The Balaban J connectivity index is -0.000000256. The van der Waals surface area contributed by atoms with E-state index in [0.717, 1.165) is 138 Å². The van der Waals surface area contributed by atoms with Crippen molar-refractivity contribution in [3.63, 3.8) is 0 Å². The van der Waals surface area contributed by atoms with Gasteiger partial charge >= 0.3 is 0 Å². The second kappa shape index (κ2) is 124. The van der Waals surface area contributed by atoms with E-state index in [1.165, 1.54) is 125 Å². The summed E-state index contributed by atoms with van der Waals surface area (Å²) in [6.45, 7) is 9.83. The van der Waals surface area contributed by atoms with E-state index in [9.17, 15) is 18.9 Å². The largest absolute Gasteiger partial charge is 0.396 e. The fraction of sp³-hybridized carbons (Fsp3) is 0.430. The Hall–Kier alpha value is 2.00. The van der Waals surface area contributed by atoms with Crippen molar-refractivity contribution in [3.05, 3.63) is 167 Å². The monoisotopic (exact) mass is 2540 g/mol. The van der Waals surface area contributed by atoms with E-state index in [1.807, 2.05) is 73.7 Å². The molecule has 1 aliphatic rings. The number of benzene rings is 5. The first-order chi connectivity index (χ1) is 62.0. The summed E-state index contributed by atoms with van der Waals surface area (Å²) in [5.41, 5.74) is 7.25. The normalized spacial score (nSPS) is 9.61. The predicted octanol–water partition coefficient (Wildman–Crippen LogP) is 19.7. The SMILES string of the molecule is C.C.C#CCCCC/C=C/c1ccccc1.C#CCCCCC=O.C#CCCCCCO.CC(=O)C#CCCCC/C=C/c1ccccc1.CC(=O)c1c2c(cc3ccccc13)CCCC2.CCCC#CCCO.CCOP(C)(=O)Cc1ccccc1.S=S=S=S=S=S=S=S=S.S=S=S=S=S=S=S=S=S=S.S=S=S=S=S=S=S=S=S=S=S.S=S=S=S=S=S=S=S=S=S=S=S. The minimum absolute atomic E-state index is 0. The van der Waals surface area contributed by atoms with Crippen molar-refractivity contribution in [2.75, 3.05) is 26.5 Å². The lowest BCUT2D eigenvalue weighted by atomic mass is 9.84. The van der Waals surface area contributed by atoms with Gasteiger partial charge in [0.2, 0.25) is 13.2 Å². The molecule has 0 bridgehead atoms. The maximum atomic E-state index is 11.9. The number of fused-ring (bicyclic) bond motifs is 2. The van der Waals surface area contributed by atoms with Gasteiger partial charge in [-0.3, -0.25) is 14.2 Å². The number of carbonyl (C=O) groups excluding carboxylic acids is 3. The molecule has 50 heteroatoms. The Morgan fingerprint density at radius 3 is 1.15 bits per heavy atom. The van der Waals surface area contributed by atoms with Crippen LogP contribution in [0.25, 0.3) is 22.9 Å². The number of aryl methyl sites for hydroxylation is 1. The molecule has 5 aromatic rings. The number of hydrogen-bond acceptors (Lipinski definition) is 15. The summed E-state index contributed by atoms with van der Waals surface area (Å²) < 4.78 is 16.9. The summed E-state index contributed by atoms with van der Waals surface area (Å²) >= 11 is 37.3. The van der Waals surface area contributed by atoms with E-state index in [4.69, 9.17) is 34.0 Å². The van der Waals surface area contributed by atoms with Crippen LogP contribution in [0.3, 0.4) is 0 Å². The highest BCUT2D eigenvalue weighted by Gasteiger charge is 2.19. The maximum absolute atomic E-state index is 11.9. The second-order valence-corrected chi connectivity index (χ2v) is 85.1. The molecule has 5 aromatic carbocycles. The number of carbonyl (C=O) groups is 3. The number of allylic oxidation sites excluding steroid dienone is 2. The Morgan fingerprint density at radius 1 is 0.434 bits per heavy atom. The maximum Gasteiger partial charge on any atom is 0.204 e. The van der Waals surface area contributed by atoms with Crippen LogP contribution < -0.4 is 0 Å². The van der Waals surface area contributed by atoms with Crippen LogP contribution in [0.5, 0.6) is 0 Å². The van der Waals surface area contributed by atoms with Crippen molar-refractivity contribution < 1.29 is 33.7 Å². The molecule has 0 saturated heterocycles. The van der Waals surface area contributed by atoms with Crippen LogP contribution in [0.15, 0.2) is 133 Å².